The molecule has 1 aromatic carbocycles. The van der Waals surface area contributed by atoms with Crippen molar-refractivity contribution in [2.24, 2.45) is 0 Å². The number of rotatable bonds is 2. The molecule has 0 bridgehead atoms. The Labute approximate surface area is 100 Å². The van der Waals surface area contributed by atoms with E-state index >= 15 is 0 Å². The van der Waals surface area contributed by atoms with Crippen molar-refractivity contribution in [2.75, 3.05) is 19.0 Å². The lowest BCUT2D eigenvalue weighted by Crippen LogP contribution is -2.17. The van der Waals surface area contributed by atoms with Crippen molar-refractivity contribution in [1.29, 1.82) is 0 Å². The lowest BCUT2D eigenvalue weighted by molar-refractivity contribution is 0.416. The molecule has 1 aromatic heterocycles. The van der Waals surface area contributed by atoms with Gasteiger partial charge in [-0.25, -0.2) is 4.68 Å². The van der Waals surface area contributed by atoms with E-state index in [1.807, 2.05) is 28.9 Å². The van der Waals surface area contributed by atoms with E-state index in [1.54, 1.807) is 7.11 Å². The Kier molecular flexibility index (Phi) is 2.48. The number of hydrogen-bond acceptors (Lipinski definition) is 3. The summed E-state index contributed by atoms with van der Waals surface area (Å²) in [5, 5.41) is 7.95. The van der Waals surface area contributed by atoms with Gasteiger partial charge >= 0.3 is 0 Å². The molecule has 0 amide bonds. The van der Waals surface area contributed by atoms with Gasteiger partial charge in [-0.05, 0) is 18.6 Å². The van der Waals surface area contributed by atoms with Crippen LogP contribution in [0.3, 0.4) is 0 Å². The van der Waals surface area contributed by atoms with Crippen LogP contribution in [-0.4, -0.2) is 23.4 Å². The average molecular weight is 229 g/mol. The van der Waals surface area contributed by atoms with Gasteiger partial charge in [0, 0.05) is 24.7 Å². The van der Waals surface area contributed by atoms with Crippen LogP contribution in [0.2, 0.25) is 0 Å². The maximum Gasteiger partial charge on any atom is 0.128 e. The quantitative estimate of drug-likeness (QED) is 0.859. The number of nitrogens with one attached hydrogen (secondary N) is 1. The van der Waals surface area contributed by atoms with Gasteiger partial charge in [0.05, 0.1) is 12.8 Å². The van der Waals surface area contributed by atoms with E-state index in [0.29, 0.717) is 0 Å². The number of anilines is 1. The van der Waals surface area contributed by atoms with Crippen molar-refractivity contribution in [3.8, 4) is 17.0 Å². The SMILES string of the molecule is COc1ccccc1-c1cc2n(n1)CCCN2. The number of hydrogen-bond donors (Lipinski definition) is 1. The lowest BCUT2D eigenvalue weighted by Gasteiger charge is -2.14. The topological polar surface area (TPSA) is 39.1 Å². The third kappa shape index (κ3) is 1.75. The summed E-state index contributed by atoms with van der Waals surface area (Å²) in [5.74, 6) is 1.96. The number of ether oxygens (including phenoxy) is 1. The van der Waals surface area contributed by atoms with E-state index in [0.717, 1.165) is 42.3 Å². The van der Waals surface area contributed by atoms with Gasteiger partial charge in [0.25, 0.3) is 0 Å². The first-order chi connectivity index (χ1) is 8.38. The zero-order valence-electron chi connectivity index (χ0n) is 9.81. The molecule has 0 unspecified atom stereocenters. The monoisotopic (exact) mass is 229 g/mol. The Balaban J connectivity index is 2.06. The summed E-state index contributed by atoms with van der Waals surface area (Å²) < 4.78 is 7.38. The minimum atomic E-state index is 0.864. The predicted octanol–water partition coefficient (Wildman–Crippen LogP) is 2.37. The smallest absolute Gasteiger partial charge is 0.128 e. The molecule has 17 heavy (non-hydrogen) atoms. The molecule has 1 aliphatic rings. The summed E-state index contributed by atoms with van der Waals surface area (Å²) in [6.07, 6.45) is 1.13. The third-order valence-electron chi connectivity index (χ3n) is 3.02. The summed E-state index contributed by atoms with van der Waals surface area (Å²) in [6, 6.07) is 10.0. The van der Waals surface area contributed by atoms with Crippen molar-refractivity contribution in [1.82, 2.24) is 9.78 Å². The van der Waals surface area contributed by atoms with Crippen LogP contribution < -0.4 is 10.1 Å². The number of para-hydroxylation sites is 1. The summed E-state index contributed by atoms with van der Waals surface area (Å²) in [6.45, 7) is 2.01. The molecule has 0 saturated carbocycles. The largest absolute Gasteiger partial charge is 0.496 e. The number of nitrogens with zero attached hydrogens (tertiary/aromatic N) is 2. The van der Waals surface area contributed by atoms with Crippen LogP contribution in [0.25, 0.3) is 11.3 Å². The minimum Gasteiger partial charge on any atom is -0.496 e. The van der Waals surface area contributed by atoms with E-state index in [4.69, 9.17) is 4.74 Å². The van der Waals surface area contributed by atoms with Crippen LogP contribution in [0, 0.1) is 0 Å². The van der Waals surface area contributed by atoms with Gasteiger partial charge in [0.2, 0.25) is 0 Å². The highest BCUT2D eigenvalue weighted by atomic mass is 16.5. The van der Waals surface area contributed by atoms with Gasteiger partial charge in [-0.15, -0.1) is 0 Å². The predicted molar refractivity (Wildman–Crippen MR) is 67.3 cm³/mol. The van der Waals surface area contributed by atoms with Crippen LogP contribution in [0.4, 0.5) is 5.82 Å². The normalized spacial score (nSPS) is 13.9. The molecule has 2 heterocycles. The molecule has 1 N–H and O–H groups in total. The molecule has 0 radical (unpaired) electrons. The highest BCUT2D eigenvalue weighted by molar-refractivity contribution is 5.69. The molecule has 0 spiro atoms. The van der Waals surface area contributed by atoms with Gasteiger partial charge < -0.3 is 10.1 Å². The van der Waals surface area contributed by atoms with Crippen LogP contribution >= 0.6 is 0 Å². The van der Waals surface area contributed by atoms with Crippen molar-refractivity contribution in [3.05, 3.63) is 30.3 Å². The van der Waals surface area contributed by atoms with Crippen LogP contribution in [0.1, 0.15) is 6.42 Å². The van der Waals surface area contributed by atoms with Crippen molar-refractivity contribution < 1.29 is 4.74 Å². The zero-order valence-corrected chi connectivity index (χ0v) is 9.81. The summed E-state index contributed by atoms with van der Waals surface area (Å²) >= 11 is 0. The van der Waals surface area contributed by atoms with E-state index in [9.17, 15) is 0 Å². The first kappa shape index (κ1) is 10.2. The minimum absolute atomic E-state index is 0.864. The van der Waals surface area contributed by atoms with Gasteiger partial charge in [-0.3, -0.25) is 0 Å². The molecular weight excluding hydrogens is 214 g/mol. The second-order valence-corrected chi connectivity index (χ2v) is 4.12. The summed E-state index contributed by atoms with van der Waals surface area (Å²) in [7, 11) is 1.69. The fourth-order valence-electron chi connectivity index (χ4n) is 2.16. The Morgan fingerprint density at radius 2 is 2.24 bits per heavy atom. The zero-order chi connectivity index (χ0) is 11.7. The molecular formula is C13H15N3O. The molecule has 88 valence electrons. The van der Waals surface area contributed by atoms with Gasteiger partial charge in [0.15, 0.2) is 0 Å². The molecule has 0 atom stereocenters. The molecule has 2 aromatic rings. The third-order valence-corrected chi connectivity index (χ3v) is 3.02. The Morgan fingerprint density at radius 3 is 3.06 bits per heavy atom. The average Bonchev–Trinajstić information content (AvgIpc) is 2.82. The molecule has 0 saturated heterocycles. The molecule has 1 aliphatic heterocycles. The summed E-state index contributed by atoms with van der Waals surface area (Å²) in [4.78, 5) is 0. The van der Waals surface area contributed by atoms with Crippen LogP contribution in [0.5, 0.6) is 5.75 Å². The van der Waals surface area contributed by atoms with Crippen molar-refractivity contribution in [2.45, 2.75) is 13.0 Å². The van der Waals surface area contributed by atoms with Crippen LogP contribution in [-0.2, 0) is 6.54 Å². The second kappa shape index (κ2) is 4.13. The lowest BCUT2D eigenvalue weighted by atomic mass is 10.1. The van der Waals surface area contributed by atoms with Gasteiger partial charge in [0.1, 0.15) is 11.6 Å². The van der Waals surface area contributed by atoms with E-state index in [2.05, 4.69) is 16.5 Å². The standard InChI is InChI=1S/C13H15N3O/c1-17-12-6-3-2-5-10(12)11-9-13-14-7-4-8-16(13)15-11/h2-3,5-6,9,14H,4,7-8H2,1H3. The first-order valence-corrected chi connectivity index (χ1v) is 5.83. The first-order valence-electron chi connectivity index (χ1n) is 5.83. The Hall–Kier alpha value is -1.97. The maximum atomic E-state index is 5.36. The highest BCUT2D eigenvalue weighted by Crippen LogP contribution is 2.30. The van der Waals surface area contributed by atoms with Crippen molar-refractivity contribution in [3.63, 3.8) is 0 Å². The van der Waals surface area contributed by atoms with Gasteiger partial charge in [-0.2, -0.15) is 5.10 Å². The Morgan fingerprint density at radius 1 is 1.35 bits per heavy atom. The molecule has 4 nitrogen and oxygen atoms in total. The number of benzene rings is 1. The molecule has 0 aliphatic carbocycles. The number of methoxy groups -OCH3 is 1. The summed E-state index contributed by atoms with van der Waals surface area (Å²) in [5.41, 5.74) is 2.01. The number of aryl methyl sites for hydroxylation is 1. The fraction of sp³-hybridized carbons (Fsp3) is 0.308. The highest BCUT2D eigenvalue weighted by Gasteiger charge is 2.14. The molecule has 0 fully saturated rings. The maximum absolute atomic E-state index is 5.36. The van der Waals surface area contributed by atoms with Crippen molar-refractivity contribution >= 4 is 5.82 Å². The van der Waals surface area contributed by atoms with Gasteiger partial charge in [-0.1, -0.05) is 12.1 Å². The van der Waals surface area contributed by atoms with Crippen LogP contribution in [0.15, 0.2) is 30.3 Å². The van der Waals surface area contributed by atoms with E-state index < -0.39 is 0 Å². The number of fused-ring (bicyclic) bond motifs is 1. The molecule has 3 rings (SSSR count). The second-order valence-electron chi connectivity index (χ2n) is 4.12. The fourth-order valence-corrected chi connectivity index (χ4v) is 2.16. The number of aromatic nitrogens is 2. The molecule has 4 heteroatoms. The Bertz CT molecular complexity index is 510. The van der Waals surface area contributed by atoms with E-state index in [1.165, 1.54) is 0 Å². The van der Waals surface area contributed by atoms with E-state index in [-0.39, 0.29) is 0 Å².